The molecule has 2 aromatic rings. The highest BCUT2D eigenvalue weighted by atomic mass is 79.9. The summed E-state index contributed by atoms with van der Waals surface area (Å²) in [7, 11) is 0. The molecule has 1 atom stereocenters. The van der Waals surface area contributed by atoms with Gasteiger partial charge in [-0.05, 0) is 43.5 Å². The minimum absolute atomic E-state index is 0.165. The lowest BCUT2D eigenvalue weighted by Gasteiger charge is -2.12. The Balaban J connectivity index is 2.03. The van der Waals surface area contributed by atoms with E-state index in [1.54, 1.807) is 0 Å². The van der Waals surface area contributed by atoms with Crippen molar-refractivity contribution in [1.82, 2.24) is 5.16 Å². The second-order valence-electron chi connectivity index (χ2n) is 4.85. The normalized spacial score (nSPS) is 12.4. The van der Waals surface area contributed by atoms with Gasteiger partial charge in [0.25, 0.3) is 0 Å². The number of hydrogen-bond donors (Lipinski definition) is 1. The topological polar surface area (TPSA) is 61.3 Å². The maximum atomic E-state index is 6.01. The fourth-order valence-corrected chi connectivity index (χ4v) is 2.27. The van der Waals surface area contributed by atoms with Crippen molar-refractivity contribution in [3.8, 4) is 5.75 Å². The number of aromatic nitrogens is 1. The Morgan fingerprint density at radius 2 is 2.20 bits per heavy atom. The summed E-state index contributed by atoms with van der Waals surface area (Å²) in [6.07, 6.45) is 1.78. The first kappa shape index (κ1) is 15.1. The van der Waals surface area contributed by atoms with Gasteiger partial charge in [0, 0.05) is 16.6 Å². The van der Waals surface area contributed by atoms with Crippen LogP contribution in [0.3, 0.4) is 0 Å². The van der Waals surface area contributed by atoms with Gasteiger partial charge in [0.2, 0.25) is 0 Å². The van der Waals surface area contributed by atoms with E-state index in [0.29, 0.717) is 6.61 Å². The molecule has 2 rings (SSSR count). The number of halogens is 1. The fraction of sp³-hybridized carbons (Fsp3) is 0.400. The minimum atomic E-state index is 0.165. The molecule has 0 amide bonds. The van der Waals surface area contributed by atoms with Crippen LogP contribution in [-0.2, 0) is 13.0 Å². The molecule has 1 heterocycles. The molecule has 0 aliphatic rings. The van der Waals surface area contributed by atoms with Crippen LogP contribution in [0.25, 0.3) is 0 Å². The van der Waals surface area contributed by atoms with Gasteiger partial charge in [0.05, 0.1) is 5.69 Å². The van der Waals surface area contributed by atoms with Crippen LogP contribution in [0, 0.1) is 6.92 Å². The van der Waals surface area contributed by atoms with Gasteiger partial charge in [-0.25, -0.2) is 0 Å². The molecule has 5 heteroatoms. The van der Waals surface area contributed by atoms with Crippen molar-refractivity contribution in [2.45, 2.75) is 39.3 Å². The third-order valence-electron chi connectivity index (χ3n) is 3.08. The number of nitrogens with two attached hydrogens (primary N) is 1. The second-order valence-corrected chi connectivity index (χ2v) is 5.70. The predicted molar refractivity (Wildman–Crippen MR) is 81.7 cm³/mol. The van der Waals surface area contributed by atoms with Crippen LogP contribution in [0.5, 0.6) is 5.75 Å². The third kappa shape index (κ3) is 4.08. The SMILES string of the molecule is CCC(N)Cc1cc(OCc2cc(C)no2)ccc1Br. The lowest BCUT2D eigenvalue weighted by Crippen LogP contribution is -2.21. The summed E-state index contributed by atoms with van der Waals surface area (Å²) in [6.45, 7) is 4.35. The van der Waals surface area contributed by atoms with Gasteiger partial charge in [-0.3, -0.25) is 0 Å². The summed E-state index contributed by atoms with van der Waals surface area (Å²) >= 11 is 3.55. The largest absolute Gasteiger partial charge is 0.486 e. The summed E-state index contributed by atoms with van der Waals surface area (Å²) in [4.78, 5) is 0. The van der Waals surface area contributed by atoms with Crippen molar-refractivity contribution >= 4 is 15.9 Å². The van der Waals surface area contributed by atoms with Gasteiger partial charge in [-0.1, -0.05) is 28.0 Å². The zero-order chi connectivity index (χ0) is 14.5. The lowest BCUT2D eigenvalue weighted by atomic mass is 10.0. The molecule has 0 spiro atoms. The van der Waals surface area contributed by atoms with Crippen LogP contribution in [0.15, 0.2) is 33.3 Å². The third-order valence-corrected chi connectivity index (χ3v) is 3.86. The van der Waals surface area contributed by atoms with E-state index in [2.05, 4.69) is 28.0 Å². The summed E-state index contributed by atoms with van der Waals surface area (Å²) in [6, 6.07) is 7.96. The van der Waals surface area contributed by atoms with Crippen LogP contribution in [0.1, 0.15) is 30.4 Å². The Morgan fingerprint density at radius 1 is 1.40 bits per heavy atom. The Labute approximate surface area is 127 Å². The number of rotatable bonds is 6. The zero-order valence-corrected chi connectivity index (χ0v) is 13.3. The highest BCUT2D eigenvalue weighted by Crippen LogP contribution is 2.24. The molecule has 2 N–H and O–H groups in total. The molecule has 0 bridgehead atoms. The molecule has 108 valence electrons. The monoisotopic (exact) mass is 338 g/mol. The number of aryl methyl sites for hydroxylation is 1. The molecule has 0 aliphatic carbocycles. The van der Waals surface area contributed by atoms with Gasteiger partial charge in [0.15, 0.2) is 5.76 Å². The Bertz CT molecular complexity index is 569. The van der Waals surface area contributed by atoms with E-state index in [-0.39, 0.29) is 6.04 Å². The van der Waals surface area contributed by atoms with Crippen molar-refractivity contribution in [2.24, 2.45) is 5.73 Å². The van der Waals surface area contributed by atoms with E-state index >= 15 is 0 Å². The Kier molecular flexibility index (Phi) is 5.20. The quantitative estimate of drug-likeness (QED) is 0.873. The predicted octanol–water partition coefficient (Wildman–Crippen LogP) is 3.60. The zero-order valence-electron chi connectivity index (χ0n) is 11.7. The first-order valence-corrected chi connectivity index (χ1v) is 7.46. The molecule has 1 unspecified atom stereocenters. The van der Waals surface area contributed by atoms with Gasteiger partial charge < -0.3 is 15.0 Å². The van der Waals surface area contributed by atoms with Crippen LogP contribution >= 0.6 is 15.9 Å². The Morgan fingerprint density at radius 3 is 2.85 bits per heavy atom. The van der Waals surface area contributed by atoms with Crippen molar-refractivity contribution in [2.75, 3.05) is 0 Å². The summed E-state index contributed by atoms with van der Waals surface area (Å²) < 4.78 is 11.9. The van der Waals surface area contributed by atoms with Gasteiger partial charge in [-0.2, -0.15) is 0 Å². The number of nitrogens with zero attached hydrogens (tertiary/aromatic N) is 1. The van der Waals surface area contributed by atoms with Crippen LogP contribution in [0.4, 0.5) is 0 Å². The van der Waals surface area contributed by atoms with Gasteiger partial charge in [0.1, 0.15) is 12.4 Å². The molecule has 0 radical (unpaired) electrons. The van der Waals surface area contributed by atoms with Gasteiger partial charge >= 0.3 is 0 Å². The lowest BCUT2D eigenvalue weighted by molar-refractivity contribution is 0.248. The molecule has 0 aliphatic heterocycles. The first-order valence-electron chi connectivity index (χ1n) is 6.67. The first-order chi connectivity index (χ1) is 9.58. The molecule has 20 heavy (non-hydrogen) atoms. The van der Waals surface area contributed by atoms with E-state index in [4.69, 9.17) is 15.0 Å². The summed E-state index contributed by atoms with van der Waals surface area (Å²) in [5, 5.41) is 3.83. The van der Waals surface area contributed by atoms with Gasteiger partial charge in [-0.15, -0.1) is 0 Å². The maximum absolute atomic E-state index is 6.01. The number of benzene rings is 1. The van der Waals surface area contributed by atoms with Crippen LogP contribution in [0.2, 0.25) is 0 Å². The number of hydrogen-bond acceptors (Lipinski definition) is 4. The molecule has 0 saturated heterocycles. The molecule has 1 aromatic heterocycles. The highest BCUT2D eigenvalue weighted by Gasteiger charge is 2.08. The minimum Gasteiger partial charge on any atom is -0.486 e. The van der Waals surface area contributed by atoms with E-state index < -0.39 is 0 Å². The molecule has 0 fully saturated rings. The van der Waals surface area contributed by atoms with E-state index in [0.717, 1.165) is 40.1 Å². The second kappa shape index (κ2) is 6.90. The average Bonchev–Trinajstić information content (AvgIpc) is 2.85. The van der Waals surface area contributed by atoms with Crippen LogP contribution < -0.4 is 10.5 Å². The maximum Gasteiger partial charge on any atom is 0.174 e. The molecular weight excluding hydrogens is 320 g/mol. The van der Waals surface area contributed by atoms with E-state index in [1.165, 1.54) is 0 Å². The van der Waals surface area contributed by atoms with Crippen molar-refractivity contribution in [3.05, 3.63) is 45.8 Å². The standard InChI is InChI=1S/C15H19BrN2O2/c1-3-12(17)7-11-8-13(4-5-15(11)16)19-9-14-6-10(2)18-20-14/h4-6,8,12H,3,7,9,17H2,1-2H3. The summed E-state index contributed by atoms with van der Waals surface area (Å²) in [5.74, 6) is 1.53. The molecule has 1 aromatic carbocycles. The molecule has 4 nitrogen and oxygen atoms in total. The smallest absolute Gasteiger partial charge is 0.174 e. The Hall–Kier alpha value is -1.33. The molecular formula is C15H19BrN2O2. The van der Waals surface area contributed by atoms with Crippen LogP contribution in [-0.4, -0.2) is 11.2 Å². The van der Waals surface area contributed by atoms with E-state index in [1.807, 2.05) is 31.2 Å². The van der Waals surface area contributed by atoms with E-state index in [9.17, 15) is 0 Å². The highest BCUT2D eigenvalue weighted by molar-refractivity contribution is 9.10. The average molecular weight is 339 g/mol. The fourth-order valence-electron chi connectivity index (χ4n) is 1.86. The van der Waals surface area contributed by atoms with Crippen molar-refractivity contribution < 1.29 is 9.26 Å². The molecule has 0 saturated carbocycles. The summed E-state index contributed by atoms with van der Waals surface area (Å²) in [5.41, 5.74) is 8.02. The van der Waals surface area contributed by atoms with Crippen molar-refractivity contribution in [3.63, 3.8) is 0 Å². The number of ether oxygens (including phenoxy) is 1. The van der Waals surface area contributed by atoms with Crippen molar-refractivity contribution in [1.29, 1.82) is 0 Å².